The number of fused-ring (bicyclic) bond motifs is 3. The first kappa shape index (κ1) is 51.0. The Balaban J connectivity index is 0.780. The summed E-state index contributed by atoms with van der Waals surface area (Å²) < 4.78 is 48.9. The lowest BCUT2D eigenvalue weighted by Crippen LogP contribution is -2.60. The molecule has 1 spiro atoms. The summed E-state index contributed by atoms with van der Waals surface area (Å²) in [7, 11) is -2.64. The molecule has 0 bridgehead atoms. The highest BCUT2D eigenvalue weighted by molar-refractivity contribution is 7.89. The number of aromatic amines is 2. The molecule has 7 aromatic rings. The topological polar surface area (TPSA) is 199 Å². The van der Waals surface area contributed by atoms with Crippen LogP contribution in [0.5, 0.6) is 11.6 Å². The molecule has 4 fully saturated rings. The number of nitro groups is 1. The Morgan fingerprint density at radius 1 is 0.922 bits per heavy atom. The molecule has 4 aromatic carbocycles. The van der Waals surface area contributed by atoms with Crippen molar-refractivity contribution in [1.82, 2.24) is 34.5 Å². The summed E-state index contributed by atoms with van der Waals surface area (Å²) in [4.78, 5) is 37.3. The maximum Gasteiger partial charge on any atom is 0.295 e. The van der Waals surface area contributed by atoms with Gasteiger partial charge in [-0.15, -0.1) is 0 Å². The second kappa shape index (κ2) is 21.2. The number of nitro benzene ring substituents is 1. The van der Waals surface area contributed by atoms with E-state index in [1.54, 1.807) is 7.11 Å². The fourth-order valence-corrected chi connectivity index (χ4v) is 14.1. The SMILES string of the molecule is COc1ccc(CN2CCN(C3CC4(CCN(c5ccc(CNS(=O)(=O)c6cc([N+](=O)[O-])c(NCC7CCOCC7)c7[nH]cnc67)c(N6CCOc7nc8[nH]ccc8cc76)c5)CC4)C3)C(c3ccccc3C(C)C)C2)cc1. The first-order valence-corrected chi connectivity index (χ1v) is 28.8. The van der Waals surface area contributed by atoms with Crippen molar-refractivity contribution in [3.8, 4) is 11.6 Å². The number of nitrogens with zero attached hydrogens (tertiary/aromatic N) is 7. The van der Waals surface area contributed by atoms with Gasteiger partial charge in [0.1, 0.15) is 39.8 Å². The van der Waals surface area contributed by atoms with Gasteiger partial charge in [0.15, 0.2) is 0 Å². The maximum absolute atomic E-state index is 14.5. The second-order valence-electron chi connectivity index (χ2n) is 22.1. The van der Waals surface area contributed by atoms with Crippen LogP contribution in [0.15, 0.2) is 102 Å². The minimum atomic E-state index is -4.35. The van der Waals surface area contributed by atoms with Crippen LogP contribution in [0.25, 0.3) is 22.1 Å². The molecule has 3 aromatic heterocycles. The molecule has 1 aliphatic carbocycles. The van der Waals surface area contributed by atoms with E-state index in [2.05, 4.69) is 125 Å². The number of nitrogens with one attached hydrogen (secondary N) is 4. The molecule has 12 rings (SSSR count). The number of rotatable bonds is 16. The maximum atomic E-state index is 14.5. The monoisotopic (exact) mass is 1060 g/mol. The fraction of sp³-hybridized carbons (Fsp3) is 0.448. The molecule has 1 saturated carbocycles. The summed E-state index contributed by atoms with van der Waals surface area (Å²) in [5, 5.41) is 16.8. The van der Waals surface area contributed by atoms with E-state index in [0.717, 1.165) is 110 Å². The van der Waals surface area contributed by atoms with Gasteiger partial charge in [0.25, 0.3) is 5.69 Å². The average Bonchev–Trinajstić information content (AvgIpc) is 4.22. The predicted octanol–water partition coefficient (Wildman–Crippen LogP) is 9.63. The van der Waals surface area contributed by atoms with Crippen LogP contribution in [0.1, 0.15) is 86.6 Å². The van der Waals surface area contributed by atoms with E-state index in [9.17, 15) is 18.5 Å². The summed E-state index contributed by atoms with van der Waals surface area (Å²) in [6, 6.07) is 29.9. The Labute approximate surface area is 449 Å². The number of anilines is 4. The van der Waals surface area contributed by atoms with Gasteiger partial charge in [0, 0.05) is 107 Å². The van der Waals surface area contributed by atoms with Crippen LogP contribution in [-0.4, -0.2) is 122 Å². The third-order valence-corrected chi connectivity index (χ3v) is 18.6. The van der Waals surface area contributed by atoms with Crippen LogP contribution in [0.3, 0.4) is 0 Å². The van der Waals surface area contributed by atoms with E-state index in [0.29, 0.717) is 56.8 Å². The number of hydrogen-bond acceptors (Lipinski definition) is 14. The number of methoxy groups -OCH3 is 1. The first-order chi connectivity index (χ1) is 37.4. The van der Waals surface area contributed by atoms with Gasteiger partial charge in [-0.3, -0.25) is 19.9 Å². The molecule has 1 atom stereocenters. The Bertz CT molecular complexity index is 3380. The quantitative estimate of drug-likeness (QED) is 0.0527. The van der Waals surface area contributed by atoms with E-state index < -0.39 is 14.9 Å². The van der Waals surface area contributed by atoms with E-state index in [-0.39, 0.29) is 45.2 Å². The van der Waals surface area contributed by atoms with E-state index in [4.69, 9.17) is 19.2 Å². The van der Waals surface area contributed by atoms with Crippen LogP contribution in [-0.2, 0) is 27.8 Å². The Morgan fingerprint density at radius 2 is 1.73 bits per heavy atom. The molecular weight excluding hydrogens is 995 g/mol. The molecule has 0 amide bonds. The molecule has 404 valence electrons. The fourth-order valence-electron chi connectivity index (χ4n) is 12.9. The standard InChI is InChI=1S/C58H69N11O7S/c1-38(2)46-6-4-5-7-47(46)51-36-65(35-40-8-12-45(74-3)13-9-40)22-23-67(51)44-31-58(32-44)17-20-66(21-18-58)43-11-10-42(48(29-43)68-24-27-76-57-50(68)28-41-14-19-59-56(41)64-57)34-63-77(72,73)52-30-49(69(70)71)53(55-54(52)61-37-62-55)60-33-39-15-25-75-26-16-39/h4-14,19,28-30,37-39,44,51,60,63H,15-18,20-27,31-36H2,1-3H3,(H,59,64)(H,61,62). The van der Waals surface area contributed by atoms with Crippen molar-refractivity contribution in [3.63, 3.8) is 0 Å². The summed E-state index contributed by atoms with van der Waals surface area (Å²) >= 11 is 0. The highest BCUT2D eigenvalue weighted by Crippen LogP contribution is 2.54. The lowest BCUT2D eigenvalue weighted by Gasteiger charge is -2.58. The Morgan fingerprint density at radius 3 is 2.51 bits per heavy atom. The van der Waals surface area contributed by atoms with Crippen molar-refractivity contribution in [2.75, 3.05) is 87.9 Å². The van der Waals surface area contributed by atoms with Gasteiger partial charge < -0.3 is 39.3 Å². The molecule has 4 aliphatic heterocycles. The average molecular weight is 1060 g/mol. The van der Waals surface area contributed by atoms with Crippen molar-refractivity contribution in [3.05, 3.63) is 130 Å². The summed E-state index contributed by atoms with van der Waals surface area (Å²) in [6.07, 6.45) is 9.46. The third kappa shape index (κ3) is 10.2. The molecule has 3 saturated heterocycles. The molecule has 5 aliphatic rings. The number of aromatic nitrogens is 4. The van der Waals surface area contributed by atoms with E-state index in [1.807, 2.05) is 18.3 Å². The molecular formula is C58H69N11O7S. The van der Waals surface area contributed by atoms with Gasteiger partial charge in [0.05, 0.1) is 30.4 Å². The molecule has 19 heteroatoms. The highest BCUT2D eigenvalue weighted by Gasteiger charge is 2.50. The smallest absolute Gasteiger partial charge is 0.295 e. The zero-order chi connectivity index (χ0) is 52.8. The number of piperidine rings is 1. The zero-order valence-corrected chi connectivity index (χ0v) is 45.0. The molecule has 0 radical (unpaired) electrons. The van der Waals surface area contributed by atoms with Gasteiger partial charge in [-0.05, 0) is 114 Å². The summed E-state index contributed by atoms with van der Waals surface area (Å²) in [5.41, 5.74) is 8.89. The van der Waals surface area contributed by atoms with E-state index >= 15 is 0 Å². The molecule has 77 heavy (non-hydrogen) atoms. The van der Waals surface area contributed by atoms with Gasteiger partial charge in [-0.1, -0.05) is 56.3 Å². The number of ether oxygens (including phenoxy) is 3. The van der Waals surface area contributed by atoms with E-state index in [1.165, 1.54) is 35.9 Å². The van der Waals surface area contributed by atoms with Gasteiger partial charge in [0.2, 0.25) is 15.9 Å². The van der Waals surface area contributed by atoms with Crippen molar-refractivity contribution < 1.29 is 27.6 Å². The Hall–Kier alpha value is -6.77. The number of pyridine rings is 1. The summed E-state index contributed by atoms with van der Waals surface area (Å²) in [6.45, 7) is 13.0. The molecule has 4 N–H and O–H groups in total. The highest BCUT2D eigenvalue weighted by atomic mass is 32.2. The molecule has 18 nitrogen and oxygen atoms in total. The van der Waals surface area contributed by atoms with Crippen LogP contribution in [0.4, 0.5) is 28.4 Å². The lowest BCUT2D eigenvalue weighted by molar-refractivity contribution is -0.384. The van der Waals surface area contributed by atoms with Crippen LogP contribution in [0.2, 0.25) is 0 Å². The number of imidazole rings is 1. The number of piperazine rings is 1. The van der Waals surface area contributed by atoms with Crippen molar-refractivity contribution in [2.45, 2.75) is 88.4 Å². The predicted molar refractivity (Wildman–Crippen MR) is 299 cm³/mol. The van der Waals surface area contributed by atoms with Gasteiger partial charge >= 0.3 is 0 Å². The largest absolute Gasteiger partial charge is 0.497 e. The molecule has 7 heterocycles. The third-order valence-electron chi connectivity index (χ3n) is 17.2. The van der Waals surface area contributed by atoms with Crippen LogP contribution in [0, 0.1) is 21.4 Å². The number of hydrogen-bond donors (Lipinski definition) is 4. The van der Waals surface area contributed by atoms with Crippen molar-refractivity contribution in [2.24, 2.45) is 11.3 Å². The lowest BCUT2D eigenvalue weighted by atomic mass is 9.59. The second-order valence-corrected chi connectivity index (χ2v) is 23.9. The first-order valence-electron chi connectivity index (χ1n) is 27.3. The van der Waals surface area contributed by atoms with Crippen molar-refractivity contribution in [1.29, 1.82) is 0 Å². The van der Waals surface area contributed by atoms with Crippen molar-refractivity contribution >= 4 is 60.5 Å². The van der Waals surface area contributed by atoms with Gasteiger partial charge in [-0.25, -0.2) is 18.1 Å². The van der Waals surface area contributed by atoms with Gasteiger partial charge in [-0.2, -0.15) is 4.98 Å². The molecule has 1 unspecified atom stereocenters. The Kier molecular flexibility index (Phi) is 14.1. The van der Waals surface area contributed by atoms with Crippen LogP contribution >= 0.6 is 0 Å². The number of sulfonamides is 1. The van der Waals surface area contributed by atoms with Crippen LogP contribution < -0.4 is 29.3 Å². The number of benzene rings is 4. The zero-order valence-electron chi connectivity index (χ0n) is 44.2. The normalized spacial score (nSPS) is 19.7. The summed E-state index contributed by atoms with van der Waals surface area (Å²) in [5.74, 6) is 2.07. The minimum absolute atomic E-state index is 0.0865. The minimum Gasteiger partial charge on any atom is -0.497 e. The number of H-pyrrole nitrogens is 2.